The lowest BCUT2D eigenvalue weighted by Gasteiger charge is -2.34. The Hall–Kier alpha value is -1.62. The molecular weight excluding hydrogens is 261 g/mol. The van der Waals surface area contributed by atoms with E-state index in [0.717, 1.165) is 5.56 Å². The second kappa shape index (κ2) is 6.70. The number of carbonyl (C=O) groups excluding carboxylic acids is 1. The van der Waals surface area contributed by atoms with Gasteiger partial charge in [-0.25, -0.2) is 9.18 Å². The molecule has 0 aromatic heterocycles. The number of hydrogen-bond donors (Lipinski definition) is 1. The summed E-state index contributed by atoms with van der Waals surface area (Å²) in [7, 11) is 0. The lowest BCUT2D eigenvalue weighted by molar-refractivity contribution is 0.00659. The van der Waals surface area contributed by atoms with Crippen molar-refractivity contribution in [3.63, 3.8) is 0 Å². The van der Waals surface area contributed by atoms with Crippen molar-refractivity contribution in [2.24, 2.45) is 0 Å². The number of benzene rings is 1. The zero-order valence-corrected chi connectivity index (χ0v) is 11.4. The van der Waals surface area contributed by atoms with Crippen LogP contribution in [0.3, 0.4) is 0 Å². The molecular formula is C15H20FNO3. The molecule has 1 fully saturated rings. The number of alkyl halides is 1. The minimum atomic E-state index is -1.54. The number of ether oxygens (including phenoxy) is 1. The van der Waals surface area contributed by atoms with Gasteiger partial charge in [0.1, 0.15) is 5.67 Å². The number of aliphatic hydroxyl groups excluding tert-OH is 1. The van der Waals surface area contributed by atoms with Gasteiger partial charge in [-0.3, -0.25) is 0 Å². The summed E-state index contributed by atoms with van der Waals surface area (Å²) < 4.78 is 19.0. The number of carbonyl (C=O) groups is 1. The fourth-order valence-electron chi connectivity index (χ4n) is 2.24. The van der Waals surface area contributed by atoms with Gasteiger partial charge in [0.2, 0.25) is 0 Å². The topological polar surface area (TPSA) is 49.8 Å². The monoisotopic (exact) mass is 281 g/mol. The van der Waals surface area contributed by atoms with E-state index in [1.54, 1.807) is 0 Å². The van der Waals surface area contributed by atoms with Gasteiger partial charge in [-0.05, 0) is 5.56 Å². The highest BCUT2D eigenvalue weighted by atomic mass is 19.1. The minimum absolute atomic E-state index is 0.164. The Labute approximate surface area is 118 Å². The van der Waals surface area contributed by atoms with Gasteiger partial charge in [0.15, 0.2) is 0 Å². The van der Waals surface area contributed by atoms with Gasteiger partial charge in [0, 0.05) is 32.4 Å². The van der Waals surface area contributed by atoms with E-state index >= 15 is 0 Å². The Morgan fingerprint density at radius 3 is 2.55 bits per heavy atom. The normalized spacial score (nSPS) is 17.8. The van der Waals surface area contributed by atoms with Crippen LogP contribution in [0.4, 0.5) is 9.18 Å². The molecule has 1 amide bonds. The van der Waals surface area contributed by atoms with Crippen LogP contribution in [0.1, 0.15) is 18.4 Å². The molecule has 1 aromatic carbocycles. The van der Waals surface area contributed by atoms with Crippen LogP contribution in [0, 0.1) is 0 Å². The fourth-order valence-corrected chi connectivity index (χ4v) is 2.24. The van der Waals surface area contributed by atoms with Gasteiger partial charge in [-0.2, -0.15) is 0 Å². The Morgan fingerprint density at radius 1 is 1.30 bits per heavy atom. The molecule has 0 unspecified atom stereocenters. The third-order valence-electron chi connectivity index (χ3n) is 3.66. The SMILES string of the molecule is O=C(OCCc1ccccc1)N1CCC(F)(CO)CC1. The van der Waals surface area contributed by atoms with Crippen LogP contribution in [-0.2, 0) is 11.2 Å². The quantitative estimate of drug-likeness (QED) is 0.920. The largest absolute Gasteiger partial charge is 0.449 e. The number of nitrogens with zero attached hydrogens (tertiary/aromatic N) is 1. The maximum atomic E-state index is 13.8. The molecule has 0 radical (unpaired) electrons. The number of aliphatic hydroxyl groups is 1. The Bertz CT molecular complexity index is 430. The van der Waals surface area contributed by atoms with E-state index in [9.17, 15) is 9.18 Å². The predicted octanol–water partition coefficient (Wildman–Crippen LogP) is 2.16. The van der Waals surface area contributed by atoms with E-state index in [1.807, 2.05) is 30.3 Å². The molecule has 110 valence electrons. The van der Waals surface area contributed by atoms with Gasteiger partial charge in [0.25, 0.3) is 0 Å². The van der Waals surface area contributed by atoms with E-state index in [4.69, 9.17) is 9.84 Å². The molecule has 1 aromatic rings. The van der Waals surface area contributed by atoms with Crippen LogP contribution < -0.4 is 0 Å². The summed E-state index contributed by atoms with van der Waals surface area (Å²) >= 11 is 0. The second-order valence-electron chi connectivity index (χ2n) is 5.15. The molecule has 2 rings (SSSR count). The predicted molar refractivity (Wildman–Crippen MR) is 73.2 cm³/mol. The molecule has 1 heterocycles. The van der Waals surface area contributed by atoms with E-state index in [0.29, 0.717) is 26.1 Å². The number of rotatable bonds is 4. The van der Waals surface area contributed by atoms with E-state index < -0.39 is 18.4 Å². The summed E-state index contributed by atoms with van der Waals surface area (Å²) in [6.45, 7) is 0.423. The highest BCUT2D eigenvalue weighted by molar-refractivity contribution is 5.67. The van der Waals surface area contributed by atoms with E-state index in [1.165, 1.54) is 4.90 Å². The first kappa shape index (κ1) is 14.8. The van der Waals surface area contributed by atoms with Gasteiger partial charge < -0.3 is 14.7 Å². The van der Waals surface area contributed by atoms with E-state index in [2.05, 4.69) is 0 Å². The Kier molecular flexibility index (Phi) is 4.95. The van der Waals surface area contributed by atoms with Gasteiger partial charge in [0.05, 0.1) is 13.2 Å². The molecule has 1 aliphatic rings. The van der Waals surface area contributed by atoms with Crippen molar-refractivity contribution in [1.29, 1.82) is 0 Å². The number of halogens is 1. The first-order valence-electron chi connectivity index (χ1n) is 6.88. The highest BCUT2D eigenvalue weighted by Gasteiger charge is 2.35. The minimum Gasteiger partial charge on any atom is -0.449 e. The van der Waals surface area contributed by atoms with Gasteiger partial charge >= 0.3 is 6.09 Å². The summed E-state index contributed by atoms with van der Waals surface area (Å²) in [5.74, 6) is 0. The van der Waals surface area contributed by atoms with Crippen molar-refractivity contribution < 1.29 is 19.0 Å². The highest BCUT2D eigenvalue weighted by Crippen LogP contribution is 2.26. The molecule has 4 nitrogen and oxygen atoms in total. The summed E-state index contributed by atoms with van der Waals surface area (Å²) in [4.78, 5) is 13.3. The van der Waals surface area contributed by atoms with Crippen molar-refractivity contribution in [3.8, 4) is 0 Å². The molecule has 1 saturated heterocycles. The third kappa shape index (κ3) is 3.93. The smallest absolute Gasteiger partial charge is 0.409 e. The first-order chi connectivity index (χ1) is 9.63. The first-order valence-corrected chi connectivity index (χ1v) is 6.88. The summed E-state index contributed by atoms with van der Waals surface area (Å²) in [6, 6.07) is 9.78. The molecule has 1 N–H and O–H groups in total. The van der Waals surface area contributed by atoms with E-state index in [-0.39, 0.29) is 12.8 Å². The average Bonchev–Trinajstić information content (AvgIpc) is 2.49. The van der Waals surface area contributed by atoms with Crippen LogP contribution in [-0.4, -0.2) is 48.1 Å². The lowest BCUT2D eigenvalue weighted by Crippen LogP contribution is -2.46. The molecule has 1 aliphatic heterocycles. The number of likely N-dealkylation sites (tertiary alicyclic amines) is 1. The Morgan fingerprint density at radius 2 is 1.95 bits per heavy atom. The van der Waals surface area contributed by atoms with Crippen LogP contribution >= 0.6 is 0 Å². The molecule has 0 spiro atoms. The molecule has 0 aliphatic carbocycles. The lowest BCUT2D eigenvalue weighted by atomic mass is 9.95. The zero-order valence-electron chi connectivity index (χ0n) is 11.4. The molecule has 20 heavy (non-hydrogen) atoms. The maximum Gasteiger partial charge on any atom is 0.409 e. The van der Waals surface area contributed by atoms with Crippen molar-refractivity contribution in [1.82, 2.24) is 4.90 Å². The fraction of sp³-hybridized carbons (Fsp3) is 0.533. The third-order valence-corrected chi connectivity index (χ3v) is 3.66. The summed E-state index contributed by atoms with van der Waals surface area (Å²) in [5.41, 5.74) is -0.428. The zero-order chi connectivity index (χ0) is 14.4. The molecule has 0 saturated carbocycles. The van der Waals surface area contributed by atoms with Crippen molar-refractivity contribution in [3.05, 3.63) is 35.9 Å². The number of piperidine rings is 1. The standard InChI is InChI=1S/C15H20FNO3/c16-15(12-18)7-9-17(10-8-15)14(19)20-11-6-13-4-2-1-3-5-13/h1-5,18H,6-12H2. The maximum absolute atomic E-state index is 13.8. The number of hydrogen-bond acceptors (Lipinski definition) is 3. The van der Waals surface area contributed by atoms with Crippen LogP contribution in [0.5, 0.6) is 0 Å². The second-order valence-corrected chi connectivity index (χ2v) is 5.15. The Balaban J connectivity index is 1.71. The van der Waals surface area contributed by atoms with Crippen LogP contribution in [0.2, 0.25) is 0 Å². The molecule has 0 atom stereocenters. The summed E-state index contributed by atoms with van der Waals surface area (Å²) in [6.07, 6.45) is 0.597. The van der Waals surface area contributed by atoms with Crippen LogP contribution in [0.25, 0.3) is 0 Å². The van der Waals surface area contributed by atoms with Gasteiger partial charge in [-0.1, -0.05) is 30.3 Å². The molecule has 0 bridgehead atoms. The van der Waals surface area contributed by atoms with Crippen molar-refractivity contribution in [2.45, 2.75) is 24.9 Å². The average molecular weight is 281 g/mol. The van der Waals surface area contributed by atoms with Crippen LogP contribution in [0.15, 0.2) is 30.3 Å². The van der Waals surface area contributed by atoms with Crippen molar-refractivity contribution in [2.75, 3.05) is 26.3 Å². The van der Waals surface area contributed by atoms with Crippen molar-refractivity contribution >= 4 is 6.09 Å². The summed E-state index contributed by atoms with van der Waals surface area (Å²) in [5, 5.41) is 8.93. The molecule has 5 heteroatoms. The van der Waals surface area contributed by atoms with Gasteiger partial charge in [-0.15, -0.1) is 0 Å². The number of amides is 1.